The van der Waals surface area contributed by atoms with Crippen LogP contribution in [0.2, 0.25) is 0 Å². The zero-order valence-electron chi connectivity index (χ0n) is 19.1. The Bertz CT molecular complexity index is 1370. The maximum Gasteiger partial charge on any atom is 0.270 e. The topological polar surface area (TPSA) is 90.6 Å². The maximum absolute atomic E-state index is 15.3. The summed E-state index contributed by atoms with van der Waals surface area (Å²) in [4.78, 5) is 34.2. The van der Waals surface area contributed by atoms with Gasteiger partial charge in [-0.3, -0.25) is 14.5 Å². The highest BCUT2D eigenvalue weighted by molar-refractivity contribution is 5.92. The van der Waals surface area contributed by atoms with Crippen LogP contribution >= 0.6 is 0 Å². The number of rotatable bonds is 6. The van der Waals surface area contributed by atoms with E-state index in [4.69, 9.17) is 4.74 Å². The van der Waals surface area contributed by atoms with Gasteiger partial charge >= 0.3 is 0 Å². The highest BCUT2D eigenvalue weighted by atomic mass is 19.3. The zero-order chi connectivity index (χ0) is 25.4. The molecule has 2 aromatic heterocycles. The normalized spacial score (nSPS) is 15.9. The molecule has 1 saturated heterocycles. The number of piperazine rings is 1. The quantitative estimate of drug-likeness (QED) is 0.395. The molecule has 12 heteroatoms. The number of halogens is 4. The van der Waals surface area contributed by atoms with Crippen molar-refractivity contribution in [1.29, 1.82) is 0 Å². The van der Waals surface area contributed by atoms with Crippen molar-refractivity contribution in [3.8, 4) is 5.75 Å². The minimum Gasteiger partial charge on any atom is -0.492 e. The molecule has 1 aromatic carbocycles. The van der Waals surface area contributed by atoms with Crippen LogP contribution in [0.3, 0.4) is 0 Å². The fourth-order valence-corrected chi connectivity index (χ4v) is 4.59. The van der Waals surface area contributed by atoms with Gasteiger partial charge in [0.15, 0.2) is 5.82 Å². The average Bonchev–Trinajstić information content (AvgIpc) is 3.36. The minimum absolute atomic E-state index is 0.127. The lowest BCUT2D eigenvalue weighted by Gasteiger charge is -2.36. The van der Waals surface area contributed by atoms with Gasteiger partial charge in [0, 0.05) is 50.1 Å². The number of benzene rings is 1. The van der Waals surface area contributed by atoms with Crippen molar-refractivity contribution in [3.63, 3.8) is 0 Å². The monoisotopic (exact) mass is 505 g/mol. The Labute approximate surface area is 202 Å². The minimum atomic E-state index is -2.71. The molecule has 36 heavy (non-hydrogen) atoms. The van der Waals surface area contributed by atoms with Gasteiger partial charge in [0.25, 0.3) is 17.9 Å². The summed E-state index contributed by atoms with van der Waals surface area (Å²) in [5.41, 5.74) is 0.668. The van der Waals surface area contributed by atoms with Crippen LogP contribution in [0, 0.1) is 11.8 Å². The predicted molar refractivity (Wildman–Crippen MR) is 124 cm³/mol. The Morgan fingerprint density at radius 2 is 1.92 bits per heavy atom. The molecule has 4 heterocycles. The Hall–Kier alpha value is -3.67. The molecule has 1 fully saturated rings. The molecule has 0 unspecified atom stereocenters. The summed E-state index contributed by atoms with van der Waals surface area (Å²) in [6.07, 6.45) is -2.21. The summed E-state index contributed by atoms with van der Waals surface area (Å²) in [7, 11) is 0. The number of H-pyrrole nitrogens is 1. The van der Waals surface area contributed by atoms with Crippen molar-refractivity contribution in [2.45, 2.75) is 19.4 Å². The number of fused-ring (bicyclic) bond motifs is 3. The third-order valence-electron chi connectivity index (χ3n) is 6.44. The molecular formula is C24H23F4N5O3. The Morgan fingerprint density at radius 1 is 1.14 bits per heavy atom. The van der Waals surface area contributed by atoms with Gasteiger partial charge < -0.3 is 19.9 Å². The zero-order valence-corrected chi connectivity index (χ0v) is 19.1. The lowest BCUT2D eigenvalue weighted by atomic mass is 10.1. The van der Waals surface area contributed by atoms with Gasteiger partial charge in [-0.15, -0.1) is 0 Å². The number of anilines is 1. The Balaban J connectivity index is 1.24. The molecule has 190 valence electrons. The highest BCUT2D eigenvalue weighted by Gasteiger charge is 2.25. The molecule has 5 rings (SSSR count). The number of nitrogens with one attached hydrogen (secondary N) is 2. The standard InChI is InChI=1S/C24H23F4N5O3/c25-18(26)11-29-24(35)16-3-4-17(22(28)30-16)33-8-6-32(7-9-33)12-13-1-2-14-20(19(13)27)31-23(34)15-5-10-36-21(14)15/h1-4,18H,5-12H2,(H,29,35)(H,31,34). The number of hydrogen-bond acceptors (Lipinski definition) is 6. The fraction of sp³-hybridized carbons (Fsp3) is 0.375. The van der Waals surface area contributed by atoms with Gasteiger partial charge in [-0.25, -0.2) is 18.2 Å². The molecule has 0 saturated carbocycles. The number of nitrogens with zero attached hydrogens (tertiary/aromatic N) is 3. The van der Waals surface area contributed by atoms with Gasteiger partial charge in [-0.05, 0) is 18.2 Å². The molecule has 0 radical (unpaired) electrons. The molecule has 2 N–H and O–H groups in total. The molecule has 0 atom stereocenters. The smallest absolute Gasteiger partial charge is 0.270 e. The van der Waals surface area contributed by atoms with Crippen LogP contribution in [0.1, 0.15) is 21.6 Å². The number of aromatic nitrogens is 2. The number of aromatic amines is 1. The van der Waals surface area contributed by atoms with Crippen LogP contribution in [0.5, 0.6) is 5.75 Å². The number of carbonyl (C=O) groups excluding carboxylic acids is 1. The largest absolute Gasteiger partial charge is 0.492 e. The number of alkyl halides is 2. The number of carbonyl (C=O) groups is 1. The lowest BCUT2D eigenvalue weighted by molar-refractivity contribution is 0.0886. The molecule has 0 spiro atoms. The first-order valence-electron chi connectivity index (χ1n) is 11.5. The van der Waals surface area contributed by atoms with E-state index in [0.717, 1.165) is 0 Å². The van der Waals surface area contributed by atoms with Crippen molar-refractivity contribution in [3.05, 3.63) is 63.2 Å². The first kappa shape index (κ1) is 24.0. The van der Waals surface area contributed by atoms with Gasteiger partial charge in [0.05, 0.1) is 29.9 Å². The predicted octanol–water partition coefficient (Wildman–Crippen LogP) is 2.45. The SMILES string of the molecule is O=C(NCC(F)F)c1ccc(N2CCN(Cc3ccc4c5c(c(=O)[nH]c4c3F)CCO5)CC2)c(F)n1. The lowest BCUT2D eigenvalue weighted by Crippen LogP contribution is -2.46. The highest BCUT2D eigenvalue weighted by Crippen LogP contribution is 2.33. The van der Waals surface area contributed by atoms with Crippen LogP contribution in [0.25, 0.3) is 10.9 Å². The van der Waals surface area contributed by atoms with Crippen molar-refractivity contribution >= 4 is 22.5 Å². The summed E-state index contributed by atoms with van der Waals surface area (Å²) in [6, 6.07) is 6.13. The van der Waals surface area contributed by atoms with Crippen molar-refractivity contribution in [2.24, 2.45) is 0 Å². The molecule has 0 aliphatic carbocycles. The summed E-state index contributed by atoms with van der Waals surface area (Å²) in [5.74, 6) is -1.80. The van der Waals surface area contributed by atoms with E-state index in [2.05, 4.69) is 9.97 Å². The van der Waals surface area contributed by atoms with Crippen LogP contribution in [0.4, 0.5) is 23.2 Å². The third kappa shape index (κ3) is 4.60. The first-order valence-corrected chi connectivity index (χ1v) is 11.5. The summed E-state index contributed by atoms with van der Waals surface area (Å²) in [5, 5.41) is 2.53. The number of hydrogen-bond donors (Lipinski definition) is 2. The second kappa shape index (κ2) is 9.76. The molecule has 3 aromatic rings. The van der Waals surface area contributed by atoms with Gasteiger partial charge in [0.2, 0.25) is 5.95 Å². The Kier molecular flexibility index (Phi) is 6.52. The summed E-state index contributed by atoms with van der Waals surface area (Å²) < 4.78 is 59.9. The number of ether oxygens (including phenoxy) is 1. The van der Waals surface area contributed by atoms with Gasteiger partial charge in [0.1, 0.15) is 11.4 Å². The molecule has 0 bridgehead atoms. The molecule has 8 nitrogen and oxygen atoms in total. The van der Waals surface area contributed by atoms with Gasteiger partial charge in [-0.1, -0.05) is 6.07 Å². The van der Waals surface area contributed by atoms with E-state index < -0.39 is 30.6 Å². The Morgan fingerprint density at radius 3 is 2.64 bits per heavy atom. The van der Waals surface area contributed by atoms with Crippen LogP contribution < -0.4 is 20.5 Å². The number of amides is 1. The first-order chi connectivity index (χ1) is 17.3. The molecule has 2 aliphatic rings. The molecular weight excluding hydrogens is 482 g/mol. The number of pyridine rings is 2. The third-order valence-corrected chi connectivity index (χ3v) is 6.44. The molecule has 1 amide bonds. The van der Waals surface area contributed by atoms with E-state index in [9.17, 15) is 22.8 Å². The van der Waals surface area contributed by atoms with Crippen molar-refractivity contribution < 1.29 is 27.1 Å². The van der Waals surface area contributed by atoms with E-state index in [1.165, 1.54) is 12.1 Å². The second-order valence-corrected chi connectivity index (χ2v) is 8.69. The molecule has 2 aliphatic heterocycles. The van der Waals surface area contributed by atoms with E-state index >= 15 is 4.39 Å². The van der Waals surface area contributed by atoms with Crippen molar-refractivity contribution in [2.75, 3.05) is 44.2 Å². The average molecular weight is 505 g/mol. The van der Waals surface area contributed by atoms with Crippen molar-refractivity contribution in [1.82, 2.24) is 20.2 Å². The van der Waals surface area contributed by atoms with E-state index in [0.29, 0.717) is 68.0 Å². The summed E-state index contributed by atoms with van der Waals surface area (Å²) >= 11 is 0. The summed E-state index contributed by atoms with van der Waals surface area (Å²) in [6.45, 7) is 1.76. The van der Waals surface area contributed by atoms with E-state index in [1.54, 1.807) is 17.0 Å². The second-order valence-electron chi connectivity index (χ2n) is 8.69. The van der Waals surface area contributed by atoms with Gasteiger partial charge in [-0.2, -0.15) is 4.39 Å². The maximum atomic E-state index is 15.3. The van der Waals surface area contributed by atoms with Crippen LogP contribution in [-0.2, 0) is 13.0 Å². The fourth-order valence-electron chi connectivity index (χ4n) is 4.59. The van der Waals surface area contributed by atoms with E-state index in [-0.39, 0.29) is 22.5 Å². The van der Waals surface area contributed by atoms with Crippen LogP contribution in [0.15, 0.2) is 29.1 Å². The van der Waals surface area contributed by atoms with E-state index in [1.807, 2.05) is 10.2 Å². The van der Waals surface area contributed by atoms with Crippen LogP contribution in [-0.4, -0.2) is 66.5 Å².